The van der Waals surface area contributed by atoms with Crippen LogP contribution in [0.15, 0.2) is 85.2 Å². The lowest BCUT2D eigenvalue weighted by atomic mass is 10.00. The molecule has 1 fully saturated rings. The van der Waals surface area contributed by atoms with Crippen LogP contribution in [0.25, 0.3) is 5.69 Å². The Bertz CT molecular complexity index is 1410. The first-order valence-electron chi connectivity index (χ1n) is 12.1. The van der Waals surface area contributed by atoms with Crippen molar-refractivity contribution in [3.63, 3.8) is 0 Å². The number of hydrogen-bond donors (Lipinski definition) is 2. The van der Waals surface area contributed by atoms with Crippen molar-refractivity contribution in [3.05, 3.63) is 108 Å². The van der Waals surface area contributed by atoms with E-state index in [4.69, 9.17) is 12.2 Å². The van der Waals surface area contributed by atoms with Crippen LogP contribution in [0.2, 0.25) is 0 Å². The van der Waals surface area contributed by atoms with E-state index in [0.29, 0.717) is 11.5 Å². The Kier molecular flexibility index (Phi) is 6.57. The number of carbonyl (C=O) groups is 1. The van der Waals surface area contributed by atoms with Crippen LogP contribution in [0, 0.1) is 13.8 Å². The predicted octanol–water partition coefficient (Wildman–Crippen LogP) is 6.01. The van der Waals surface area contributed by atoms with Crippen LogP contribution in [-0.2, 0) is 4.79 Å². The molecule has 0 aliphatic carbocycles. The summed E-state index contributed by atoms with van der Waals surface area (Å²) in [5, 5.41) is 7.15. The van der Waals surface area contributed by atoms with Crippen molar-refractivity contribution in [2.45, 2.75) is 39.3 Å². The zero-order valence-electron chi connectivity index (χ0n) is 20.6. The third-order valence-corrected chi connectivity index (χ3v) is 6.95. The zero-order valence-corrected chi connectivity index (χ0v) is 21.4. The molecule has 36 heavy (non-hydrogen) atoms. The lowest BCUT2D eigenvalue weighted by molar-refractivity contribution is -0.115. The summed E-state index contributed by atoms with van der Waals surface area (Å²) >= 11 is 5.91. The topological polar surface area (TPSA) is 62.2 Å². The highest BCUT2D eigenvalue weighted by Crippen LogP contribution is 2.43. The van der Waals surface area contributed by atoms with Gasteiger partial charge in [-0.05, 0) is 85.7 Å². The summed E-state index contributed by atoms with van der Waals surface area (Å²) in [6.07, 6.45) is 4.35. The molecule has 7 heteroatoms. The van der Waals surface area contributed by atoms with E-state index in [1.54, 1.807) is 0 Å². The first-order valence-corrected chi connectivity index (χ1v) is 12.5. The SMILES string of the molecule is CCC(=O)Nc1ccc(N2C(=S)N[C@@H](c3ccccn3)[C@@H]2c2cccn2-c2ccccc2C)cc1C. The van der Waals surface area contributed by atoms with Gasteiger partial charge in [0, 0.05) is 41.6 Å². The molecule has 182 valence electrons. The fraction of sp³-hybridized carbons (Fsp3) is 0.207. The number of thiocarbonyl (C=S) groups is 1. The second-order valence-corrected chi connectivity index (χ2v) is 9.37. The van der Waals surface area contributed by atoms with Gasteiger partial charge in [0.15, 0.2) is 5.11 Å². The molecule has 1 aliphatic heterocycles. The van der Waals surface area contributed by atoms with Gasteiger partial charge in [-0.25, -0.2) is 0 Å². The normalized spacial score (nSPS) is 17.2. The molecule has 0 spiro atoms. The molecule has 0 radical (unpaired) electrons. The smallest absolute Gasteiger partial charge is 0.224 e. The number of amides is 1. The molecular weight excluding hydrogens is 466 g/mol. The molecule has 2 aromatic carbocycles. The number of aromatic nitrogens is 2. The molecule has 3 heterocycles. The average molecular weight is 496 g/mol. The predicted molar refractivity (Wildman–Crippen MR) is 149 cm³/mol. The van der Waals surface area contributed by atoms with Gasteiger partial charge in [-0.1, -0.05) is 31.2 Å². The van der Waals surface area contributed by atoms with Crippen molar-refractivity contribution in [1.82, 2.24) is 14.9 Å². The second-order valence-electron chi connectivity index (χ2n) is 8.99. The number of hydrogen-bond acceptors (Lipinski definition) is 3. The lowest BCUT2D eigenvalue weighted by Crippen LogP contribution is -2.30. The van der Waals surface area contributed by atoms with E-state index in [2.05, 4.69) is 80.7 Å². The Morgan fingerprint density at radius 3 is 2.56 bits per heavy atom. The van der Waals surface area contributed by atoms with E-state index in [1.165, 1.54) is 5.56 Å². The molecule has 4 aromatic rings. The minimum Gasteiger partial charge on any atom is -0.351 e. The second kappa shape index (κ2) is 9.95. The van der Waals surface area contributed by atoms with Crippen molar-refractivity contribution in [2.75, 3.05) is 10.2 Å². The first kappa shape index (κ1) is 23.8. The minimum absolute atomic E-state index is 0.00615. The molecule has 0 unspecified atom stereocenters. The largest absolute Gasteiger partial charge is 0.351 e. The summed E-state index contributed by atoms with van der Waals surface area (Å²) in [5.41, 5.74) is 7.10. The first-order chi connectivity index (χ1) is 17.5. The van der Waals surface area contributed by atoms with Gasteiger partial charge in [-0.3, -0.25) is 9.78 Å². The fourth-order valence-corrected chi connectivity index (χ4v) is 5.14. The lowest BCUT2D eigenvalue weighted by Gasteiger charge is -2.29. The molecular formula is C29H29N5OS. The summed E-state index contributed by atoms with van der Waals surface area (Å²) in [6.45, 7) is 5.97. The maximum Gasteiger partial charge on any atom is 0.224 e. The van der Waals surface area contributed by atoms with Gasteiger partial charge >= 0.3 is 0 Å². The van der Waals surface area contributed by atoms with E-state index < -0.39 is 0 Å². The maximum atomic E-state index is 12.0. The van der Waals surface area contributed by atoms with E-state index in [1.807, 2.05) is 50.4 Å². The molecule has 1 amide bonds. The minimum atomic E-state index is -0.142. The number of carbonyl (C=O) groups excluding carboxylic acids is 1. The van der Waals surface area contributed by atoms with E-state index in [9.17, 15) is 4.79 Å². The Morgan fingerprint density at radius 1 is 1.03 bits per heavy atom. The standard InChI is InChI=1S/C29H29N5OS/c1-4-26(35)31-22-15-14-21(18-20(22)3)34-28(27(32-29(34)36)23-11-7-8-16-30-23)25-13-9-17-33(25)24-12-6-5-10-19(24)2/h5-18,27-28H,4H2,1-3H3,(H,31,35)(H,32,36)/t27-,28-/m0/s1. The number of rotatable bonds is 6. The van der Waals surface area contributed by atoms with Crippen LogP contribution in [0.3, 0.4) is 0 Å². The van der Waals surface area contributed by atoms with Gasteiger partial charge in [-0.2, -0.15) is 0 Å². The molecule has 1 saturated heterocycles. The monoisotopic (exact) mass is 495 g/mol. The van der Waals surface area contributed by atoms with Crippen LogP contribution in [-0.4, -0.2) is 20.6 Å². The molecule has 1 aliphatic rings. The molecule has 2 aromatic heterocycles. The van der Waals surface area contributed by atoms with Gasteiger partial charge in [-0.15, -0.1) is 0 Å². The highest BCUT2D eigenvalue weighted by Gasteiger charge is 2.42. The summed E-state index contributed by atoms with van der Waals surface area (Å²) in [7, 11) is 0. The van der Waals surface area contributed by atoms with Gasteiger partial charge in [0.25, 0.3) is 0 Å². The molecule has 0 bridgehead atoms. The quantitative estimate of drug-likeness (QED) is 0.321. The van der Waals surface area contributed by atoms with Crippen molar-refractivity contribution < 1.29 is 4.79 Å². The number of nitrogens with one attached hydrogen (secondary N) is 2. The Morgan fingerprint density at radius 2 is 1.83 bits per heavy atom. The Labute approximate surface area is 217 Å². The number of pyridine rings is 1. The number of anilines is 2. The highest BCUT2D eigenvalue weighted by atomic mass is 32.1. The molecule has 0 saturated carbocycles. The summed E-state index contributed by atoms with van der Waals surface area (Å²) in [4.78, 5) is 18.8. The molecule has 2 N–H and O–H groups in total. The van der Waals surface area contributed by atoms with Crippen molar-refractivity contribution in [1.29, 1.82) is 0 Å². The highest BCUT2D eigenvalue weighted by molar-refractivity contribution is 7.80. The number of aryl methyl sites for hydroxylation is 2. The zero-order chi connectivity index (χ0) is 25.2. The van der Waals surface area contributed by atoms with E-state index in [-0.39, 0.29) is 18.0 Å². The van der Waals surface area contributed by atoms with Gasteiger partial charge in [0.05, 0.1) is 11.7 Å². The number of para-hydroxylation sites is 1. The van der Waals surface area contributed by atoms with E-state index >= 15 is 0 Å². The van der Waals surface area contributed by atoms with Gasteiger partial charge in [0.2, 0.25) is 5.91 Å². The van der Waals surface area contributed by atoms with Gasteiger partial charge in [0.1, 0.15) is 6.04 Å². The van der Waals surface area contributed by atoms with Gasteiger partial charge < -0.3 is 20.1 Å². The average Bonchev–Trinajstić information content (AvgIpc) is 3.50. The van der Waals surface area contributed by atoms with Crippen LogP contribution < -0.4 is 15.5 Å². The van der Waals surface area contributed by atoms with Crippen LogP contribution in [0.1, 0.15) is 47.9 Å². The van der Waals surface area contributed by atoms with Crippen molar-refractivity contribution in [3.8, 4) is 5.69 Å². The van der Waals surface area contributed by atoms with Crippen LogP contribution in [0.4, 0.5) is 11.4 Å². The Hall–Kier alpha value is -3.97. The summed E-state index contributed by atoms with van der Waals surface area (Å²) in [6, 6.07) is 24.3. The van der Waals surface area contributed by atoms with Crippen molar-refractivity contribution in [2.24, 2.45) is 0 Å². The molecule has 6 nitrogen and oxygen atoms in total. The van der Waals surface area contributed by atoms with E-state index in [0.717, 1.165) is 34.0 Å². The summed E-state index contributed by atoms with van der Waals surface area (Å²) < 4.78 is 2.24. The van der Waals surface area contributed by atoms with Crippen molar-refractivity contribution >= 4 is 34.6 Å². The number of benzene rings is 2. The van der Waals surface area contributed by atoms with Crippen LogP contribution >= 0.6 is 12.2 Å². The molecule has 2 atom stereocenters. The fourth-order valence-electron chi connectivity index (χ4n) is 4.80. The molecule has 5 rings (SSSR count). The van der Waals surface area contributed by atoms with Crippen LogP contribution in [0.5, 0.6) is 0 Å². The number of nitrogens with zero attached hydrogens (tertiary/aromatic N) is 3. The maximum absolute atomic E-state index is 12.0. The summed E-state index contributed by atoms with van der Waals surface area (Å²) in [5.74, 6) is -0.00615. The third kappa shape index (κ3) is 4.38. The third-order valence-electron chi connectivity index (χ3n) is 6.64. The Balaban J connectivity index is 1.63.